The van der Waals surface area contributed by atoms with Crippen LogP contribution >= 0.6 is 22.9 Å². The number of anilines is 1. The van der Waals surface area contributed by atoms with Gasteiger partial charge < -0.3 is 4.40 Å². The molecular weight excluding hydrogens is 356 g/mol. The number of fused-ring (bicyclic) bond motifs is 1. The fourth-order valence-corrected chi connectivity index (χ4v) is 3.49. The number of hydrogen-bond acceptors (Lipinski definition) is 4. The van der Waals surface area contributed by atoms with E-state index in [1.165, 1.54) is 11.3 Å². The van der Waals surface area contributed by atoms with Gasteiger partial charge >= 0.3 is 0 Å². The summed E-state index contributed by atoms with van der Waals surface area (Å²) in [5, 5.41) is 4.05. The molecule has 0 aliphatic carbocycles. The molecule has 0 saturated carbocycles. The highest BCUT2D eigenvalue weighted by Crippen LogP contribution is 2.31. The number of hydrogen-bond donors (Lipinski definition) is 1. The molecule has 0 radical (unpaired) electrons. The van der Waals surface area contributed by atoms with Gasteiger partial charge in [0, 0.05) is 27.9 Å². The van der Waals surface area contributed by atoms with Crippen LogP contribution < -0.4 is 5.32 Å². The van der Waals surface area contributed by atoms with Crippen LogP contribution in [0.4, 0.5) is 5.13 Å². The van der Waals surface area contributed by atoms with Crippen molar-refractivity contribution in [1.82, 2.24) is 14.4 Å². The van der Waals surface area contributed by atoms with Crippen LogP contribution in [0.1, 0.15) is 15.4 Å². The van der Waals surface area contributed by atoms with Gasteiger partial charge in [0.15, 0.2) is 5.13 Å². The zero-order chi connectivity index (χ0) is 17.4. The average Bonchev–Trinajstić information content (AvgIpc) is 3.19. The molecule has 0 fully saturated rings. The van der Waals surface area contributed by atoms with Crippen molar-refractivity contribution in [3.05, 3.63) is 70.5 Å². The van der Waals surface area contributed by atoms with E-state index < -0.39 is 0 Å². The lowest BCUT2D eigenvalue weighted by Crippen LogP contribution is -2.12. The van der Waals surface area contributed by atoms with E-state index in [9.17, 15) is 4.79 Å². The lowest BCUT2D eigenvalue weighted by Gasteiger charge is -1.99. The second-order valence-electron chi connectivity index (χ2n) is 5.48. The van der Waals surface area contributed by atoms with Crippen LogP contribution in [0.2, 0.25) is 5.02 Å². The predicted molar refractivity (Wildman–Crippen MR) is 100 cm³/mol. The lowest BCUT2D eigenvalue weighted by atomic mass is 10.1. The minimum absolute atomic E-state index is 0.278. The van der Waals surface area contributed by atoms with Gasteiger partial charge in [0.2, 0.25) is 0 Å². The summed E-state index contributed by atoms with van der Waals surface area (Å²) in [6, 6.07) is 13.1. The topological polar surface area (TPSA) is 59.3 Å². The summed E-state index contributed by atoms with van der Waals surface area (Å²) in [5.74, 6) is -0.278. The molecule has 1 N–H and O–H groups in total. The molecule has 0 unspecified atom stereocenters. The van der Waals surface area contributed by atoms with Crippen LogP contribution in [0.25, 0.3) is 16.9 Å². The molecule has 1 amide bonds. The van der Waals surface area contributed by atoms with Crippen molar-refractivity contribution in [2.45, 2.75) is 6.92 Å². The Labute approximate surface area is 152 Å². The number of nitrogens with zero attached hydrogens (tertiary/aromatic N) is 3. The largest absolute Gasteiger partial charge is 0.306 e. The fourth-order valence-electron chi connectivity index (χ4n) is 2.53. The van der Waals surface area contributed by atoms with Crippen LogP contribution in [0.15, 0.2) is 54.9 Å². The van der Waals surface area contributed by atoms with Crippen molar-refractivity contribution in [1.29, 1.82) is 0 Å². The van der Waals surface area contributed by atoms with E-state index in [0.717, 1.165) is 21.8 Å². The number of rotatable bonds is 3. The van der Waals surface area contributed by atoms with Gasteiger partial charge in [0.05, 0.1) is 5.69 Å². The normalized spacial score (nSPS) is 11.0. The molecule has 0 aliphatic rings. The molecule has 0 atom stereocenters. The molecule has 1 aromatic carbocycles. The Balaban J connectivity index is 1.59. The highest BCUT2D eigenvalue weighted by molar-refractivity contribution is 7.16. The lowest BCUT2D eigenvalue weighted by molar-refractivity contribution is 0.102. The van der Waals surface area contributed by atoms with E-state index in [1.807, 2.05) is 55.6 Å². The molecule has 5 nitrogen and oxygen atoms in total. The van der Waals surface area contributed by atoms with E-state index in [2.05, 4.69) is 15.3 Å². The maximum absolute atomic E-state index is 12.4. The van der Waals surface area contributed by atoms with Crippen LogP contribution in [0.5, 0.6) is 0 Å². The van der Waals surface area contributed by atoms with Gasteiger partial charge in [-0.2, -0.15) is 0 Å². The first-order valence-electron chi connectivity index (χ1n) is 7.58. The molecule has 25 heavy (non-hydrogen) atoms. The number of nitrogens with one attached hydrogen (secondary N) is 1. The predicted octanol–water partition coefficient (Wildman–Crippen LogP) is 4.67. The van der Waals surface area contributed by atoms with Crippen molar-refractivity contribution in [2.24, 2.45) is 0 Å². The highest BCUT2D eigenvalue weighted by atomic mass is 35.5. The Hall–Kier alpha value is -2.70. The summed E-state index contributed by atoms with van der Waals surface area (Å²) in [4.78, 5) is 22.3. The molecule has 3 heterocycles. The molecule has 0 bridgehead atoms. The van der Waals surface area contributed by atoms with Crippen LogP contribution in [-0.4, -0.2) is 20.3 Å². The monoisotopic (exact) mass is 368 g/mol. The minimum atomic E-state index is -0.278. The standard InChI is InChI=1S/C18H13ClN4OS/c1-11-16(12-5-7-13(19)8-6-12)21-18(25-11)22-17(24)14-10-23-9-3-2-4-15(23)20-14/h2-10H,1H3,(H,21,22,24). The van der Waals surface area contributed by atoms with E-state index in [0.29, 0.717) is 15.8 Å². The molecule has 3 aromatic heterocycles. The Kier molecular flexibility index (Phi) is 3.99. The Bertz CT molecular complexity index is 1040. The maximum atomic E-state index is 12.4. The van der Waals surface area contributed by atoms with Gasteiger partial charge in [-0.05, 0) is 31.2 Å². The molecule has 0 aliphatic heterocycles. The number of halogens is 1. The van der Waals surface area contributed by atoms with Crippen molar-refractivity contribution >= 4 is 39.6 Å². The number of amides is 1. The summed E-state index contributed by atoms with van der Waals surface area (Å²) >= 11 is 7.36. The van der Waals surface area contributed by atoms with E-state index in [-0.39, 0.29) is 5.91 Å². The van der Waals surface area contributed by atoms with Gasteiger partial charge in [-0.25, -0.2) is 9.97 Å². The molecule has 0 spiro atoms. The number of benzene rings is 1. The summed E-state index contributed by atoms with van der Waals surface area (Å²) in [5.41, 5.74) is 2.88. The maximum Gasteiger partial charge on any atom is 0.277 e. The van der Waals surface area contributed by atoms with Gasteiger partial charge in [-0.15, -0.1) is 11.3 Å². The second-order valence-corrected chi connectivity index (χ2v) is 7.12. The summed E-state index contributed by atoms with van der Waals surface area (Å²) < 4.78 is 1.81. The third-order valence-electron chi connectivity index (χ3n) is 3.73. The second kappa shape index (κ2) is 6.31. The average molecular weight is 369 g/mol. The first-order chi connectivity index (χ1) is 12.1. The van der Waals surface area contributed by atoms with Crippen LogP contribution in [-0.2, 0) is 0 Å². The summed E-state index contributed by atoms with van der Waals surface area (Å²) in [7, 11) is 0. The first-order valence-corrected chi connectivity index (χ1v) is 8.78. The van der Waals surface area contributed by atoms with E-state index in [1.54, 1.807) is 10.6 Å². The van der Waals surface area contributed by atoms with Crippen molar-refractivity contribution in [2.75, 3.05) is 5.32 Å². The Morgan fingerprint density at radius 1 is 1.16 bits per heavy atom. The van der Waals surface area contributed by atoms with Crippen molar-refractivity contribution in [3.8, 4) is 11.3 Å². The number of thiazole rings is 1. The minimum Gasteiger partial charge on any atom is -0.306 e. The molecular formula is C18H13ClN4OS. The molecule has 7 heteroatoms. The number of aryl methyl sites for hydroxylation is 1. The molecule has 4 aromatic rings. The third-order valence-corrected chi connectivity index (χ3v) is 4.87. The Morgan fingerprint density at radius 2 is 1.96 bits per heavy atom. The van der Waals surface area contributed by atoms with Gasteiger partial charge in [0.1, 0.15) is 11.3 Å². The van der Waals surface area contributed by atoms with Crippen molar-refractivity contribution in [3.63, 3.8) is 0 Å². The molecule has 0 saturated heterocycles. The van der Waals surface area contributed by atoms with Gasteiger partial charge in [-0.1, -0.05) is 29.8 Å². The molecule has 124 valence electrons. The van der Waals surface area contributed by atoms with E-state index >= 15 is 0 Å². The van der Waals surface area contributed by atoms with Crippen LogP contribution in [0, 0.1) is 6.92 Å². The summed E-state index contributed by atoms with van der Waals surface area (Å²) in [6.45, 7) is 1.97. The first kappa shape index (κ1) is 15.8. The number of aromatic nitrogens is 3. The molecule has 4 rings (SSSR count). The van der Waals surface area contributed by atoms with Gasteiger partial charge in [-0.3, -0.25) is 10.1 Å². The smallest absolute Gasteiger partial charge is 0.277 e. The highest BCUT2D eigenvalue weighted by Gasteiger charge is 2.15. The quantitative estimate of drug-likeness (QED) is 0.571. The van der Waals surface area contributed by atoms with Crippen LogP contribution in [0.3, 0.4) is 0 Å². The van der Waals surface area contributed by atoms with Gasteiger partial charge in [0.25, 0.3) is 5.91 Å². The van der Waals surface area contributed by atoms with E-state index in [4.69, 9.17) is 11.6 Å². The Morgan fingerprint density at radius 3 is 2.72 bits per heavy atom. The number of pyridine rings is 1. The summed E-state index contributed by atoms with van der Waals surface area (Å²) in [6.07, 6.45) is 3.55. The SMILES string of the molecule is Cc1sc(NC(=O)c2cn3ccccc3n2)nc1-c1ccc(Cl)cc1. The number of imidazole rings is 1. The zero-order valence-electron chi connectivity index (χ0n) is 13.2. The number of carbonyl (C=O) groups excluding carboxylic acids is 1. The van der Waals surface area contributed by atoms with Crippen molar-refractivity contribution < 1.29 is 4.79 Å². The third kappa shape index (κ3) is 3.14. The number of carbonyl (C=O) groups is 1. The zero-order valence-corrected chi connectivity index (χ0v) is 14.8. The fraction of sp³-hybridized carbons (Fsp3) is 0.0556.